The summed E-state index contributed by atoms with van der Waals surface area (Å²) < 4.78 is 0.231. The predicted octanol–water partition coefficient (Wildman–Crippen LogP) is -2.83. The molecule has 3 nitrogen and oxygen atoms in total. The maximum atomic E-state index is 10.2. The van der Waals surface area contributed by atoms with E-state index in [2.05, 4.69) is 0 Å². The van der Waals surface area contributed by atoms with Crippen LogP contribution >= 0.6 is 0 Å². The van der Waals surface area contributed by atoms with Gasteiger partial charge in [0.1, 0.15) is 21.1 Å². The van der Waals surface area contributed by atoms with E-state index in [0.29, 0.717) is 0 Å². The number of quaternary nitrogens is 1. The third-order valence-corrected chi connectivity index (χ3v) is 0.402. The van der Waals surface area contributed by atoms with E-state index in [1.165, 1.54) is 6.92 Å². The molecule has 0 aromatic heterocycles. The average Bonchev–Trinajstić information content (AvgIpc) is 1.21. The molecule has 0 N–H and O–H groups in total. The minimum atomic E-state index is -0.252. The quantitative estimate of drug-likeness (QED) is 0.300. The van der Waals surface area contributed by atoms with E-state index in [-0.39, 0.29) is 23.0 Å². The Kier molecular flexibility index (Phi) is 4.72. The third-order valence-electron chi connectivity index (χ3n) is 0.402. The predicted molar refractivity (Wildman–Crippen MR) is 29.8 cm³/mol. The lowest BCUT2D eigenvalue weighted by atomic mass is 10.8. The van der Waals surface area contributed by atoms with E-state index in [4.69, 9.17) is 4.84 Å². The number of hydroxylamine groups is 3. The largest absolute Gasteiger partial charge is 1.00 e. The van der Waals surface area contributed by atoms with Crippen molar-refractivity contribution in [3.8, 4) is 0 Å². The first-order chi connectivity index (χ1) is 3.42. The Morgan fingerprint density at radius 1 is 1.33 bits per heavy atom. The molecule has 4 heteroatoms. The van der Waals surface area contributed by atoms with Crippen LogP contribution in [0.1, 0.15) is 6.92 Å². The van der Waals surface area contributed by atoms with Crippen molar-refractivity contribution in [2.45, 2.75) is 6.92 Å². The van der Waals surface area contributed by atoms with Crippen LogP contribution in [0.3, 0.4) is 0 Å². The topological polar surface area (TPSA) is 26.3 Å². The summed E-state index contributed by atoms with van der Waals surface area (Å²) in [5.74, 6) is -0.252. The zero-order valence-electron chi connectivity index (χ0n) is 6.14. The fraction of sp³-hybridized carbons (Fsp3) is 0.800. The highest BCUT2D eigenvalue weighted by atomic mass is 35.5. The molecule has 0 atom stereocenters. The molecule has 0 radical (unpaired) electrons. The van der Waals surface area contributed by atoms with Crippen molar-refractivity contribution in [3.05, 3.63) is 0 Å². The van der Waals surface area contributed by atoms with Gasteiger partial charge < -0.3 is 12.4 Å². The fourth-order valence-corrected chi connectivity index (χ4v) is 0.386. The van der Waals surface area contributed by atoms with E-state index >= 15 is 0 Å². The van der Waals surface area contributed by atoms with Crippen molar-refractivity contribution < 1.29 is 26.7 Å². The molecule has 0 saturated carbocycles. The maximum Gasteiger partial charge on any atom is 0.363 e. The van der Waals surface area contributed by atoms with Crippen LogP contribution in [0.4, 0.5) is 0 Å². The highest BCUT2D eigenvalue weighted by Crippen LogP contribution is 1.90. The number of carbonyl (C=O) groups is 1. The lowest BCUT2D eigenvalue weighted by Crippen LogP contribution is -3.00. The van der Waals surface area contributed by atoms with Gasteiger partial charge in [0.25, 0.3) is 0 Å². The molecule has 0 aliphatic rings. The van der Waals surface area contributed by atoms with Crippen molar-refractivity contribution >= 4 is 5.97 Å². The van der Waals surface area contributed by atoms with Crippen molar-refractivity contribution in [1.82, 2.24) is 0 Å². The monoisotopic (exact) mass is 153 g/mol. The first-order valence-electron chi connectivity index (χ1n) is 2.43. The standard InChI is InChI=1S/C5H12NO2.ClH/c1-5(7)8-6(2,3)4;/h1-4H3;1H/q+1;/p-1. The summed E-state index contributed by atoms with van der Waals surface area (Å²) in [6.45, 7) is 1.39. The van der Waals surface area contributed by atoms with Gasteiger partial charge in [0, 0.05) is 6.92 Å². The van der Waals surface area contributed by atoms with Gasteiger partial charge in [-0.3, -0.25) is 4.84 Å². The van der Waals surface area contributed by atoms with Crippen LogP contribution in [-0.2, 0) is 9.63 Å². The molecule has 0 aromatic rings. The van der Waals surface area contributed by atoms with Crippen LogP contribution in [-0.4, -0.2) is 31.8 Å². The van der Waals surface area contributed by atoms with Crippen molar-refractivity contribution in [2.24, 2.45) is 0 Å². The summed E-state index contributed by atoms with van der Waals surface area (Å²) in [6.07, 6.45) is 0. The molecule has 0 bridgehead atoms. The minimum Gasteiger partial charge on any atom is -1.00 e. The SMILES string of the molecule is CC(=O)O[N+](C)(C)C.[Cl-]. The average molecular weight is 154 g/mol. The van der Waals surface area contributed by atoms with Gasteiger partial charge >= 0.3 is 5.97 Å². The maximum absolute atomic E-state index is 10.2. The first kappa shape index (κ1) is 11.5. The Labute approximate surface area is 61.6 Å². The number of nitrogens with zero attached hydrogens (tertiary/aromatic N) is 1. The molecular weight excluding hydrogens is 142 g/mol. The van der Waals surface area contributed by atoms with Gasteiger partial charge in [-0.25, -0.2) is 4.79 Å². The molecule has 56 valence electrons. The summed E-state index contributed by atoms with van der Waals surface area (Å²) in [5, 5.41) is 0. The summed E-state index contributed by atoms with van der Waals surface area (Å²) in [5.41, 5.74) is 0. The number of rotatable bonds is 1. The van der Waals surface area contributed by atoms with Gasteiger partial charge in [-0.05, 0) is 0 Å². The molecule has 9 heavy (non-hydrogen) atoms. The first-order valence-corrected chi connectivity index (χ1v) is 2.43. The van der Waals surface area contributed by atoms with Crippen LogP contribution in [0.15, 0.2) is 0 Å². The van der Waals surface area contributed by atoms with Gasteiger partial charge in [0.05, 0.1) is 0 Å². The molecule has 0 saturated heterocycles. The summed E-state index contributed by atoms with van der Waals surface area (Å²) in [7, 11) is 5.34. The van der Waals surface area contributed by atoms with Gasteiger partial charge in [-0.2, -0.15) is 0 Å². The Hall–Kier alpha value is -0.280. The Morgan fingerprint density at radius 3 is 1.67 bits per heavy atom. The van der Waals surface area contributed by atoms with Crippen molar-refractivity contribution in [2.75, 3.05) is 21.1 Å². The van der Waals surface area contributed by atoms with Crippen LogP contribution in [0, 0.1) is 0 Å². The van der Waals surface area contributed by atoms with Crippen molar-refractivity contribution in [3.63, 3.8) is 0 Å². The number of carbonyl (C=O) groups excluding carboxylic acids is 1. The van der Waals surface area contributed by atoms with Gasteiger partial charge in [0.2, 0.25) is 0 Å². The second kappa shape index (κ2) is 3.69. The van der Waals surface area contributed by atoms with Crippen LogP contribution in [0.5, 0.6) is 0 Å². The smallest absolute Gasteiger partial charge is 0.363 e. The molecule has 0 unspecified atom stereocenters. The fourth-order valence-electron chi connectivity index (χ4n) is 0.386. The van der Waals surface area contributed by atoms with Gasteiger partial charge in [0.15, 0.2) is 0 Å². The lowest BCUT2D eigenvalue weighted by molar-refractivity contribution is -1.04. The zero-order chi connectivity index (χ0) is 6.78. The molecular formula is C5H12ClNO2. The van der Waals surface area contributed by atoms with Gasteiger partial charge in [-0.15, -0.1) is 4.65 Å². The second-order valence-electron chi connectivity index (χ2n) is 2.47. The molecule has 0 spiro atoms. The van der Waals surface area contributed by atoms with Crippen LogP contribution < -0.4 is 12.4 Å². The minimum absolute atomic E-state index is 0. The second-order valence-corrected chi connectivity index (χ2v) is 2.47. The van der Waals surface area contributed by atoms with E-state index in [1.807, 2.05) is 0 Å². The molecule has 0 heterocycles. The van der Waals surface area contributed by atoms with E-state index < -0.39 is 0 Å². The molecule has 0 rings (SSSR count). The molecule has 0 aliphatic heterocycles. The van der Waals surface area contributed by atoms with E-state index in [0.717, 1.165) is 0 Å². The Balaban J connectivity index is 0. The van der Waals surface area contributed by atoms with E-state index in [1.54, 1.807) is 21.1 Å². The third kappa shape index (κ3) is 11.3. The number of halogens is 1. The van der Waals surface area contributed by atoms with Crippen LogP contribution in [0.25, 0.3) is 0 Å². The molecule has 0 amide bonds. The summed E-state index contributed by atoms with van der Waals surface area (Å²) in [4.78, 5) is 15.0. The summed E-state index contributed by atoms with van der Waals surface area (Å²) in [6, 6.07) is 0. The Morgan fingerprint density at radius 2 is 1.67 bits per heavy atom. The highest BCUT2D eigenvalue weighted by Gasteiger charge is 2.09. The Bertz CT molecular complexity index is 97.6. The molecule has 0 fully saturated rings. The number of hydrogen-bond acceptors (Lipinski definition) is 2. The number of hydrogen-bond donors (Lipinski definition) is 0. The zero-order valence-corrected chi connectivity index (χ0v) is 6.90. The van der Waals surface area contributed by atoms with E-state index in [9.17, 15) is 4.79 Å². The summed E-state index contributed by atoms with van der Waals surface area (Å²) >= 11 is 0. The lowest BCUT2D eigenvalue weighted by Gasteiger charge is -2.18. The van der Waals surface area contributed by atoms with Crippen LogP contribution in [0.2, 0.25) is 0 Å². The molecule has 0 aliphatic carbocycles. The van der Waals surface area contributed by atoms with Gasteiger partial charge in [-0.1, -0.05) is 0 Å². The van der Waals surface area contributed by atoms with Crippen molar-refractivity contribution in [1.29, 1.82) is 0 Å². The molecule has 0 aromatic carbocycles. The normalized spacial score (nSPS) is 9.78. The highest BCUT2D eigenvalue weighted by molar-refractivity contribution is 5.65.